The topological polar surface area (TPSA) is 80.8 Å². The number of nitriles is 1. The molecule has 1 aromatic carbocycles. The number of ether oxygens (including phenoxy) is 1. The first-order valence-electron chi connectivity index (χ1n) is 5.20. The van der Waals surface area contributed by atoms with Crippen LogP contribution in [0.2, 0.25) is 0 Å². The first-order valence-corrected chi connectivity index (χ1v) is 5.20. The average Bonchev–Trinajstić information content (AvgIpc) is 2.82. The predicted octanol–water partition coefficient (Wildman–Crippen LogP) is 1.29. The Labute approximate surface area is 103 Å². The van der Waals surface area contributed by atoms with Gasteiger partial charge >= 0.3 is 0 Å². The van der Waals surface area contributed by atoms with Gasteiger partial charge in [0.05, 0.1) is 13.2 Å². The minimum absolute atomic E-state index is 0.0439. The highest BCUT2D eigenvalue weighted by Crippen LogP contribution is 2.23. The molecule has 0 fully saturated rings. The third-order valence-electron chi connectivity index (χ3n) is 2.46. The molecule has 0 radical (unpaired) electrons. The molecule has 0 unspecified atom stereocenters. The van der Waals surface area contributed by atoms with Gasteiger partial charge in [0.15, 0.2) is 12.0 Å². The number of carbonyl (C=O) groups excluding carboxylic acids is 1. The fraction of sp³-hybridized carbons (Fsp3) is 0.167. The lowest BCUT2D eigenvalue weighted by Crippen LogP contribution is -2.01. The van der Waals surface area contributed by atoms with E-state index < -0.39 is 0 Å². The molecule has 0 aliphatic carbocycles. The molecule has 0 bridgehead atoms. The molecule has 0 N–H and O–H groups in total. The lowest BCUT2D eigenvalue weighted by Gasteiger charge is -2.04. The van der Waals surface area contributed by atoms with Crippen LogP contribution in [0.4, 0.5) is 0 Å². The second kappa shape index (κ2) is 5.10. The number of carbonyl (C=O) groups is 1. The van der Waals surface area contributed by atoms with Crippen LogP contribution in [0.25, 0.3) is 11.3 Å². The average molecular weight is 242 g/mol. The van der Waals surface area contributed by atoms with E-state index in [-0.39, 0.29) is 12.2 Å². The molecule has 0 aliphatic heterocycles. The summed E-state index contributed by atoms with van der Waals surface area (Å²) in [5.74, 6) is 0.714. The van der Waals surface area contributed by atoms with Crippen LogP contribution in [-0.4, -0.2) is 28.4 Å². The van der Waals surface area contributed by atoms with Gasteiger partial charge in [0.1, 0.15) is 18.0 Å². The van der Waals surface area contributed by atoms with Crippen molar-refractivity contribution in [2.24, 2.45) is 0 Å². The molecule has 18 heavy (non-hydrogen) atoms. The van der Waals surface area contributed by atoms with Crippen LogP contribution in [0.3, 0.4) is 0 Å². The van der Waals surface area contributed by atoms with Crippen LogP contribution in [0.5, 0.6) is 5.75 Å². The zero-order valence-corrected chi connectivity index (χ0v) is 9.70. The Morgan fingerprint density at radius 1 is 1.44 bits per heavy atom. The third kappa shape index (κ3) is 2.06. The Morgan fingerprint density at radius 3 is 2.72 bits per heavy atom. The minimum Gasteiger partial charge on any atom is -0.497 e. The molecule has 2 aromatic rings. The smallest absolute Gasteiger partial charge is 0.172 e. The van der Waals surface area contributed by atoms with Crippen LogP contribution < -0.4 is 4.74 Å². The number of hydrogen-bond acceptors (Lipinski definition) is 5. The van der Waals surface area contributed by atoms with E-state index in [1.165, 1.54) is 4.68 Å². The van der Waals surface area contributed by atoms with Crippen molar-refractivity contribution in [2.45, 2.75) is 6.54 Å². The van der Waals surface area contributed by atoms with E-state index >= 15 is 0 Å². The van der Waals surface area contributed by atoms with Gasteiger partial charge in [-0.05, 0) is 24.3 Å². The Hall–Kier alpha value is -2.68. The molecule has 0 saturated heterocycles. The molecule has 0 atom stereocenters. The largest absolute Gasteiger partial charge is 0.497 e. The number of methoxy groups -OCH3 is 1. The molecule has 6 heteroatoms. The van der Waals surface area contributed by atoms with Gasteiger partial charge in [-0.1, -0.05) is 5.21 Å². The molecule has 0 aliphatic rings. The summed E-state index contributed by atoms with van der Waals surface area (Å²) in [4.78, 5) is 10.9. The summed E-state index contributed by atoms with van der Waals surface area (Å²) in [5, 5.41) is 16.2. The zero-order chi connectivity index (χ0) is 13.0. The fourth-order valence-corrected chi connectivity index (χ4v) is 1.63. The Morgan fingerprint density at radius 2 is 2.17 bits per heavy atom. The van der Waals surface area contributed by atoms with Gasteiger partial charge in [-0.2, -0.15) is 5.26 Å². The Balaban J connectivity index is 2.50. The molecular weight excluding hydrogens is 232 g/mol. The molecule has 6 nitrogen and oxygen atoms in total. The van der Waals surface area contributed by atoms with Crippen molar-refractivity contribution in [1.82, 2.24) is 15.0 Å². The summed E-state index contributed by atoms with van der Waals surface area (Å²) < 4.78 is 6.46. The van der Waals surface area contributed by atoms with Gasteiger partial charge in [0, 0.05) is 5.56 Å². The number of aldehydes is 1. The SMILES string of the molecule is COc1ccc(-c2c(C=O)nnn2CC#N)cc1. The van der Waals surface area contributed by atoms with E-state index in [1.807, 2.05) is 6.07 Å². The maximum Gasteiger partial charge on any atom is 0.172 e. The fourth-order valence-electron chi connectivity index (χ4n) is 1.63. The van der Waals surface area contributed by atoms with Crippen LogP contribution in [-0.2, 0) is 6.54 Å². The van der Waals surface area contributed by atoms with Crippen molar-refractivity contribution >= 4 is 6.29 Å². The maximum atomic E-state index is 10.9. The van der Waals surface area contributed by atoms with E-state index in [9.17, 15) is 4.79 Å². The highest BCUT2D eigenvalue weighted by Gasteiger charge is 2.14. The molecule has 1 heterocycles. The van der Waals surface area contributed by atoms with Gasteiger partial charge in [-0.3, -0.25) is 4.79 Å². The van der Waals surface area contributed by atoms with Gasteiger partial charge in [0.2, 0.25) is 0 Å². The number of benzene rings is 1. The first-order chi connectivity index (χ1) is 8.80. The van der Waals surface area contributed by atoms with Crippen molar-refractivity contribution in [1.29, 1.82) is 5.26 Å². The summed E-state index contributed by atoms with van der Waals surface area (Å²) in [5.41, 5.74) is 1.52. The number of hydrogen-bond donors (Lipinski definition) is 0. The summed E-state index contributed by atoms with van der Waals surface area (Å²) >= 11 is 0. The maximum absolute atomic E-state index is 10.9. The molecule has 0 amide bonds. The molecular formula is C12H10N4O2. The van der Waals surface area contributed by atoms with E-state index in [4.69, 9.17) is 10.00 Å². The molecule has 2 rings (SSSR count). The van der Waals surface area contributed by atoms with Crippen molar-refractivity contribution in [3.05, 3.63) is 30.0 Å². The molecule has 0 spiro atoms. The lowest BCUT2D eigenvalue weighted by molar-refractivity contribution is 0.111. The van der Waals surface area contributed by atoms with E-state index in [0.717, 1.165) is 5.56 Å². The van der Waals surface area contributed by atoms with E-state index in [2.05, 4.69) is 10.3 Å². The number of rotatable bonds is 4. The standard InChI is InChI=1S/C12H10N4O2/c1-18-10-4-2-9(3-5-10)12-11(8-17)14-15-16(12)7-6-13/h2-5,8H,7H2,1H3. The van der Waals surface area contributed by atoms with Crippen LogP contribution in [0.15, 0.2) is 24.3 Å². The summed E-state index contributed by atoms with van der Waals surface area (Å²) in [6.45, 7) is 0.0439. The van der Waals surface area contributed by atoms with Crippen molar-refractivity contribution in [3.8, 4) is 23.1 Å². The van der Waals surface area contributed by atoms with Gasteiger partial charge in [-0.15, -0.1) is 5.10 Å². The summed E-state index contributed by atoms with van der Waals surface area (Å²) in [6.07, 6.45) is 0.625. The zero-order valence-electron chi connectivity index (χ0n) is 9.70. The molecule has 90 valence electrons. The van der Waals surface area contributed by atoms with E-state index in [1.54, 1.807) is 31.4 Å². The van der Waals surface area contributed by atoms with Gasteiger partial charge in [-0.25, -0.2) is 4.68 Å². The quantitative estimate of drug-likeness (QED) is 0.754. The minimum atomic E-state index is 0.0439. The van der Waals surface area contributed by atoms with E-state index in [0.29, 0.717) is 17.7 Å². The monoisotopic (exact) mass is 242 g/mol. The normalized spacial score (nSPS) is 9.78. The van der Waals surface area contributed by atoms with Crippen LogP contribution in [0.1, 0.15) is 10.5 Å². The number of nitrogens with zero attached hydrogens (tertiary/aromatic N) is 4. The second-order valence-electron chi connectivity index (χ2n) is 3.49. The highest BCUT2D eigenvalue weighted by atomic mass is 16.5. The summed E-state index contributed by atoms with van der Waals surface area (Å²) in [6, 6.07) is 9.10. The highest BCUT2D eigenvalue weighted by molar-refractivity contribution is 5.83. The predicted molar refractivity (Wildman–Crippen MR) is 63.0 cm³/mol. The first kappa shape index (κ1) is 11.8. The Kier molecular flexibility index (Phi) is 3.34. The molecule has 1 aromatic heterocycles. The summed E-state index contributed by atoms with van der Waals surface area (Å²) in [7, 11) is 1.58. The second-order valence-corrected chi connectivity index (χ2v) is 3.49. The van der Waals surface area contributed by atoms with Gasteiger partial charge in [0.25, 0.3) is 0 Å². The lowest BCUT2D eigenvalue weighted by atomic mass is 10.1. The van der Waals surface area contributed by atoms with Crippen molar-refractivity contribution in [3.63, 3.8) is 0 Å². The third-order valence-corrected chi connectivity index (χ3v) is 2.46. The van der Waals surface area contributed by atoms with Crippen molar-refractivity contribution in [2.75, 3.05) is 7.11 Å². The van der Waals surface area contributed by atoms with Crippen molar-refractivity contribution < 1.29 is 9.53 Å². The molecule has 0 saturated carbocycles. The van der Waals surface area contributed by atoms with Crippen LogP contribution in [0, 0.1) is 11.3 Å². The van der Waals surface area contributed by atoms with Gasteiger partial charge < -0.3 is 4.74 Å². The Bertz CT molecular complexity index is 596. The van der Waals surface area contributed by atoms with Crippen LogP contribution >= 0.6 is 0 Å². The number of aromatic nitrogens is 3.